The third-order valence-corrected chi connectivity index (χ3v) is 8.42. The number of imide groups is 1. The fourth-order valence-corrected chi connectivity index (χ4v) is 5.90. The van der Waals surface area contributed by atoms with Gasteiger partial charge in [0, 0.05) is 55.0 Å². The fraction of sp³-hybridized carbons (Fsp3) is 0.333. The van der Waals surface area contributed by atoms with Gasteiger partial charge in [-0.25, -0.2) is 0 Å². The van der Waals surface area contributed by atoms with E-state index in [4.69, 9.17) is 9.84 Å². The summed E-state index contributed by atoms with van der Waals surface area (Å²) < 4.78 is 46.8. The van der Waals surface area contributed by atoms with E-state index in [-0.39, 0.29) is 23.4 Å². The van der Waals surface area contributed by atoms with Crippen molar-refractivity contribution in [2.45, 2.75) is 50.5 Å². The Bertz CT molecular complexity index is 1760. The molecule has 2 fully saturated rings. The minimum atomic E-state index is -4.55. The number of piperidine rings is 2. The van der Waals surface area contributed by atoms with Crippen LogP contribution in [-0.4, -0.2) is 58.6 Å². The maximum Gasteiger partial charge on any atom is 0.416 e. The van der Waals surface area contributed by atoms with Crippen LogP contribution in [0.25, 0.3) is 10.9 Å². The van der Waals surface area contributed by atoms with E-state index >= 15 is 0 Å². The molecule has 6 rings (SSSR count). The largest absolute Gasteiger partial charge is 0.494 e. The highest BCUT2D eigenvalue weighted by atomic mass is 19.4. The monoisotopic (exact) mass is 634 g/mol. The maximum atomic E-state index is 13.1. The van der Waals surface area contributed by atoms with Crippen LogP contribution in [0.5, 0.6) is 5.75 Å². The number of methoxy groups -OCH3 is 1. The van der Waals surface area contributed by atoms with Gasteiger partial charge in [-0.2, -0.15) is 18.3 Å². The van der Waals surface area contributed by atoms with Gasteiger partial charge >= 0.3 is 6.18 Å². The van der Waals surface area contributed by atoms with E-state index in [2.05, 4.69) is 20.9 Å². The second kappa shape index (κ2) is 12.8. The van der Waals surface area contributed by atoms with Crippen molar-refractivity contribution in [2.24, 2.45) is 0 Å². The summed E-state index contributed by atoms with van der Waals surface area (Å²) in [5.41, 5.74) is 2.00. The summed E-state index contributed by atoms with van der Waals surface area (Å²) in [6.45, 7) is 2.54. The van der Waals surface area contributed by atoms with Crippen LogP contribution in [-0.2, 0) is 22.3 Å². The number of hydrogen-bond acceptors (Lipinski definition) is 7. The molecule has 2 aliphatic rings. The predicted molar refractivity (Wildman–Crippen MR) is 165 cm³/mol. The first-order valence-electron chi connectivity index (χ1n) is 15.0. The second-order valence-corrected chi connectivity index (χ2v) is 11.6. The van der Waals surface area contributed by atoms with E-state index in [9.17, 15) is 27.6 Å². The molecule has 0 saturated carbocycles. The minimum absolute atomic E-state index is 0.112. The molecule has 1 unspecified atom stereocenters. The first kappa shape index (κ1) is 31.1. The molecule has 3 heterocycles. The van der Waals surface area contributed by atoms with E-state index in [1.54, 1.807) is 12.1 Å². The number of anilines is 2. The molecular weight excluding hydrogens is 601 g/mol. The van der Waals surface area contributed by atoms with Crippen molar-refractivity contribution in [3.8, 4) is 5.75 Å². The summed E-state index contributed by atoms with van der Waals surface area (Å²) in [5.74, 6) is -0.860. The molecule has 10 nitrogen and oxygen atoms in total. The highest BCUT2D eigenvalue weighted by Gasteiger charge is 2.31. The second-order valence-electron chi connectivity index (χ2n) is 11.6. The van der Waals surface area contributed by atoms with Crippen LogP contribution in [0.4, 0.5) is 24.5 Å². The van der Waals surface area contributed by atoms with Gasteiger partial charge in [0.2, 0.25) is 11.8 Å². The topological polar surface area (TPSA) is 118 Å². The number of likely N-dealkylation sites (tertiary alicyclic amines) is 1. The lowest BCUT2D eigenvalue weighted by Gasteiger charge is -2.32. The molecule has 4 aromatic rings. The minimum Gasteiger partial charge on any atom is -0.494 e. The molecule has 0 aliphatic carbocycles. The number of nitrogens with zero attached hydrogens (tertiary/aromatic N) is 3. The van der Waals surface area contributed by atoms with Crippen LogP contribution >= 0.6 is 0 Å². The standard InChI is InChI=1S/C33H33F3N6O4/c1-46-29-17-27-22(16-28(29)38-31(44)21-3-2-4-23(15-21)33(34,35)36)19-42(40-27)25-11-13-41(14-12-25)18-20-5-7-24(8-6-20)37-26-9-10-30(43)39-32(26)45/h2-8,15-17,19,25-26,37H,9-14,18H2,1H3,(H,38,44)(H,39,43,45). The molecule has 3 N–H and O–H groups in total. The number of ether oxygens (including phenoxy) is 1. The maximum absolute atomic E-state index is 13.1. The lowest BCUT2D eigenvalue weighted by molar-refractivity contribution is -0.137. The van der Waals surface area contributed by atoms with E-state index in [1.807, 2.05) is 35.1 Å². The zero-order chi connectivity index (χ0) is 32.4. The Morgan fingerprint density at radius 1 is 1.04 bits per heavy atom. The highest BCUT2D eigenvalue weighted by molar-refractivity contribution is 6.06. The molecule has 0 spiro atoms. The first-order valence-corrected chi connectivity index (χ1v) is 15.0. The Labute approximate surface area is 262 Å². The molecule has 0 radical (unpaired) electrons. The van der Waals surface area contributed by atoms with Gasteiger partial charge in [-0.1, -0.05) is 18.2 Å². The van der Waals surface area contributed by atoms with Crippen molar-refractivity contribution in [2.75, 3.05) is 30.8 Å². The molecule has 46 heavy (non-hydrogen) atoms. The normalized spacial score (nSPS) is 18.0. The number of aromatic nitrogens is 2. The van der Waals surface area contributed by atoms with Crippen molar-refractivity contribution in [1.82, 2.24) is 20.0 Å². The Balaban J connectivity index is 1.06. The van der Waals surface area contributed by atoms with Crippen LogP contribution in [0.15, 0.2) is 66.9 Å². The molecule has 240 valence electrons. The first-order chi connectivity index (χ1) is 22.1. The molecule has 1 atom stereocenters. The Morgan fingerprint density at radius 3 is 2.50 bits per heavy atom. The quantitative estimate of drug-likeness (QED) is 0.223. The summed E-state index contributed by atoms with van der Waals surface area (Å²) in [5, 5.41) is 13.8. The summed E-state index contributed by atoms with van der Waals surface area (Å²) in [7, 11) is 1.45. The number of nitrogens with one attached hydrogen (secondary N) is 3. The van der Waals surface area contributed by atoms with Gasteiger partial charge in [-0.05, 0) is 61.2 Å². The van der Waals surface area contributed by atoms with Crippen molar-refractivity contribution < 1.29 is 32.3 Å². The third kappa shape index (κ3) is 6.99. The molecule has 13 heteroatoms. The van der Waals surface area contributed by atoms with Gasteiger partial charge in [-0.3, -0.25) is 29.3 Å². The van der Waals surface area contributed by atoms with Gasteiger partial charge in [0.1, 0.15) is 11.8 Å². The van der Waals surface area contributed by atoms with Gasteiger partial charge in [0.25, 0.3) is 5.91 Å². The zero-order valence-electron chi connectivity index (χ0n) is 25.1. The predicted octanol–water partition coefficient (Wildman–Crippen LogP) is 5.37. The van der Waals surface area contributed by atoms with Crippen LogP contribution in [0.1, 0.15) is 53.2 Å². The number of hydrogen-bond donors (Lipinski definition) is 3. The summed E-state index contributed by atoms with van der Waals surface area (Å²) in [6, 6.07) is 15.4. The summed E-state index contributed by atoms with van der Waals surface area (Å²) in [6.07, 6.45) is -0.0581. The smallest absolute Gasteiger partial charge is 0.416 e. The van der Waals surface area contributed by atoms with Crippen molar-refractivity contribution in [3.05, 3.63) is 83.6 Å². The Hall–Kier alpha value is -4.91. The van der Waals surface area contributed by atoms with E-state index in [0.717, 1.165) is 61.2 Å². The highest BCUT2D eigenvalue weighted by Crippen LogP contribution is 2.33. The van der Waals surface area contributed by atoms with Crippen LogP contribution in [0.2, 0.25) is 0 Å². The van der Waals surface area contributed by atoms with Crippen molar-refractivity contribution in [3.63, 3.8) is 0 Å². The molecule has 0 bridgehead atoms. The van der Waals surface area contributed by atoms with Crippen LogP contribution < -0.4 is 20.7 Å². The number of carbonyl (C=O) groups is 3. The molecule has 3 aromatic carbocycles. The lowest BCUT2D eigenvalue weighted by Crippen LogP contribution is -2.47. The average molecular weight is 635 g/mol. The number of fused-ring (bicyclic) bond motifs is 1. The van der Waals surface area contributed by atoms with Crippen molar-refractivity contribution >= 4 is 40.0 Å². The fourth-order valence-electron chi connectivity index (χ4n) is 5.90. The van der Waals surface area contributed by atoms with E-state index < -0.39 is 23.7 Å². The number of halogens is 3. The number of benzene rings is 3. The Morgan fingerprint density at radius 2 is 1.80 bits per heavy atom. The third-order valence-electron chi connectivity index (χ3n) is 8.42. The Kier molecular flexibility index (Phi) is 8.67. The number of alkyl halides is 3. The van der Waals surface area contributed by atoms with Gasteiger partial charge < -0.3 is 15.4 Å². The number of rotatable bonds is 8. The molecule has 2 saturated heterocycles. The van der Waals surface area contributed by atoms with E-state index in [0.29, 0.717) is 29.8 Å². The summed E-state index contributed by atoms with van der Waals surface area (Å²) >= 11 is 0. The lowest BCUT2D eigenvalue weighted by atomic mass is 10.0. The van der Waals surface area contributed by atoms with Gasteiger partial charge in [0.05, 0.1) is 29.9 Å². The average Bonchev–Trinajstić information content (AvgIpc) is 3.46. The molecular formula is C33H33F3N6O4. The summed E-state index contributed by atoms with van der Waals surface area (Å²) in [4.78, 5) is 38.6. The molecule has 3 amide bonds. The SMILES string of the molecule is COc1cc2nn(C3CCN(Cc4ccc(NC5CCC(=O)NC5=O)cc4)CC3)cc2cc1NC(=O)c1cccc(C(F)(F)F)c1. The van der Waals surface area contributed by atoms with Crippen LogP contribution in [0, 0.1) is 0 Å². The molecule has 1 aromatic heterocycles. The van der Waals surface area contributed by atoms with Gasteiger partial charge in [-0.15, -0.1) is 0 Å². The molecule has 2 aliphatic heterocycles. The van der Waals surface area contributed by atoms with Crippen molar-refractivity contribution in [1.29, 1.82) is 0 Å². The number of carbonyl (C=O) groups excluding carboxylic acids is 3. The zero-order valence-corrected chi connectivity index (χ0v) is 25.1. The number of amides is 3. The van der Waals surface area contributed by atoms with Gasteiger partial charge in [0.15, 0.2) is 0 Å². The van der Waals surface area contributed by atoms with Crippen LogP contribution in [0.3, 0.4) is 0 Å². The van der Waals surface area contributed by atoms with E-state index in [1.165, 1.54) is 19.2 Å².